The van der Waals surface area contributed by atoms with Gasteiger partial charge in [0, 0.05) is 23.2 Å². The van der Waals surface area contributed by atoms with E-state index < -0.39 is 4.92 Å². The van der Waals surface area contributed by atoms with E-state index >= 15 is 0 Å². The van der Waals surface area contributed by atoms with Crippen molar-refractivity contribution in [3.8, 4) is 0 Å². The number of nitro groups is 1. The molecule has 104 valence electrons. The maximum absolute atomic E-state index is 11.0. The fourth-order valence-corrected chi connectivity index (χ4v) is 2.53. The Kier molecular flexibility index (Phi) is 4.38. The number of halogens is 1. The average Bonchev–Trinajstić information content (AvgIpc) is 2.36. The Morgan fingerprint density at radius 1 is 1.63 bits per heavy atom. The van der Waals surface area contributed by atoms with E-state index in [2.05, 4.69) is 21.2 Å². The molecule has 3 unspecified atom stereocenters. The first-order valence-corrected chi connectivity index (χ1v) is 6.90. The first kappa shape index (κ1) is 14.2. The lowest BCUT2D eigenvalue weighted by Gasteiger charge is -2.42. The van der Waals surface area contributed by atoms with Crippen molar-refractivity contribution in [2.24, 2.45) is 5.73 Å². The zero-order valence-corrected chi connectivity index (χ0v) is 12.1. The Morgan fingerprint density at radius 2 is 2.37 bits per heavy atom. The number of nitrogens with two attached hydrogens (primary N) is 1. The van der Waals surface area contributed by atoms with Gasteiger partial charge in [-0.15, -0.1) is 0 Å². The Labute approximate surface area is 119 Å². The van der Waals surface area contributed by atoms with Gasteiger partial charge >= 0.3 is 0 Å². The van der Waals surface area contributed by atoms with Crippen molar-refractivity contribution in [2.45, 2.75) is 31.5 Å². The van der Waals surface area contributed by atoms with Crippen LogP contribution in [0.5, 0.6) is 0 Å². The summed E-state index contributed by atoms with van der Waals surface area (Å²) in [7, 11) is 0. The normalized spacial score (nSPS) is 25.7. The monoisotopic (exact) mass is 329 g/mol. The Bertz CT molecular complexity index is 481. The van der Waals surface area contributed by atoms with Gasteiger partial charge in [-0.3, -0.25) is 10.1 Å². The van der Waals surface area contributed by atoms with Gasteiger partial charge in [0.05, 0.1) is 17.1 Å². The molecule has 1 saturated carbocycles. The molecule has 1 aliphatic rings. The largest absolute Gasteiger partial charge is 0.376 e. The van der Waals surface area contributed by atoms with Crippen LogP contribution in [0, 0.1) is 10.1 Å². The van der Waals surface area contributed by atoms with Gasteiger partial charge in [0.25, 0.3) is 5.69 Å². The van der Waals surface area contributed by atoms with Gasteiger partial charge in [-0.1, -0.05) is 15.9 Å². The molecule has 0 bridgehead atoms. The van der Waals surface area contributed by atoms with E-state index in [-0.39, 0.29) is 23.9 Å². The molecule has 1 aromatic rings. The minimum absolute atomic E-state index is 0.0169. The van der Waals surface area contributed by atoms with Crippen LogP contribution in [0.3, 0.4) is 0 Å². The second-order valence-electron chi connectivity index (χ2n) is 4.48. The van der Waals surface area contributed by atoms with Crippen molar-refractivity contribution >= 4 is 27.3 Å². The second-order valence-corrected chi connectivity index (χ2v) is 5.40. The lowest BCUT2D eigenvalue weighted by molar-refractivity contribution is -0.384. The number of ether oxygens (including phenoxy) is 1. The van der Waals surface area contributed by atoms with Gasteiger partial charge in [-0.25, -0.2) is 0 Å². The molecule has 1 fully saturated rings. The van der Waals surface area contributed by atoms with Crippen LogP contribution in [0.15, 0.2) is 22.7 Å². The summed E-state index contributed by atoms with van der Waals surface area (Å²) in [6, 6.07) is 4.79. The standard InChI is InChI=1S/C12H16BrN3O3/c1-2-19-11-6-8(14)12(11)15-9-4-3-7(13)5-10(9)16(17)18/h3-5,8,11-12,15H,2,6,14H2,1H3. The van der Waals surface area contributed by atoms with E-state index in [0.29, 0.717) is 16.8 Å². The average molecular weight is 330 g/mol. The summed E-state index contributed by atoms with van der Waals surface area (Å²) in [5.74, 6) is 0. The van der Waals surface area contributed by atoms with Crippen LogP contribution in [0.25, 0.3) is 0 Å². The topological polar surface area (TPSA) is 90.4 Å². The molecule has 0 radical (unpaired) electrons. The Morgan fingerprint density at radius 3 is 2.95 bits per heavy atom. The minimum Gasteiger partial charge on any atom is -0.376 e. The van der Waals surface area contributed by atoms with Gasteiger partial charge in [-0.2, -0.15) is 0 Å². The fraction of sp³-hybridized carbons (Fsp3) is 0.500. The summed E-state index contributed by atoms with van der Waals surface area (Å²) >= 11 is 3.23. The molecule has 19 heavy (non-hydrogen) atoms. The summed E-state index contributed by atoms with van der Waals surface area (Å²) in [6.07, 6.45) is 0.791. The maximum atomic E-state index is 11.0. The van der Waals surface area contributed by atoms with Crippen molar-refractivity contribution in [3.63, 3.8) is 0 Å². The van der Waals surface area contributed by atoms with E-state index in [1.807, 2.05) is 6.92 Å². The molecule has 1 aliphatic carbocycles. The van der Waals surface area contributed by atoms with E-state index in [1.54, 1.807) is 12.1 Å². The van der Waals surface area contributed by atoms with Crippen LogP contribution in [-0.4, -0.2) is 29.7 Å². The fourth-order valence-electron chi connectivity index (χ4n) is 2.18. The quantitative estimate of drug-likeness (QED) is 0.638. The van der Waals surface area contributed by atoms with E-state index in [1.165, 1.54) is 6.07 Å². The lowest BCUT2D eigenvalue weighted by Crippen LogP contribution is -2.60. The van der Waals surface area contributed by atoms with Crippen molar-refractivity contribution in [3.05, 3.63) is 32.8 Å². The molecule has 6 nitrogen and oxygen atoms in total. The van der Waals surface area contributed by atoms with E-state index in [0.717, 1.165) is 6.42 Å². The smallest absolute Gasteiger partial charge is 0.293 e. The lowest BCUT2D eigenvalue weighted by atomic mass is 9.83. The van der Waals surface area contributed by atoms with Gasteiger partial charge in [-0.05, 0) is 25.5 Å². The van der Waals surface area contributed by atoms with E-state index in [9.17, 15) is 10.1 Å². The first-order chi connectivity index (χ1) is 9.02. The first-order valence-electron chi connectivity index (χ1n) is 6.10. The molecule has 0 heterocycles. The molecular weight excluding hydrogens is 314 g/mol. The number of nitrogens with one attached hydrogen (secondary N) is 1. The van der Waals surface area contributed by atoms with Crippen molar-refractivity contribution in [1.82, 2.24) is 0 Å². The molecule has 0 spiro atoms. The summed E-state index contributed by atoms with van der Waals surface area (Å²) in [6.45, 7) is 2.53. The number of hydrogen-bond donors (Lipinski definition) is 2. The maximum Gasteiger partial charge on any atom is 0.293 e. The van der Waals surface area contributed by atoms with Gasteiger partial charge in [0.2, 0.25) is 0 Å². The molecule has 7 heteroatoms. The summed E-state index contributed by atoms with van der Waals surface area (Å²) < 4.78 is 6.21. The molecule has 0 aliphatic heterocycles. The zero-order chi connectivity index (χ0) is 14.0. The van der Waals surface area contributed by atoms with Crippen LogP contribution in [0.1, 0.15) is 13.3 Å². The molecule has 3 atom stereocenters. The zero-order valence-electron chi connectivity index (χ0n) is 10.5. The van der Waals surface area contributed by atoms with Crippen LogP contribution >= 0.6 is 15.9 Å². The summed E-state index contributed by atoms with van der Waals surface area (Å²) in [5.41, 5.74) is 6.43. The highest BCUT2D eigenvalue weighted by Gasteiger charge is 2.40. The number of benzene rings is 1. The van der Waals surface area contributed by atoms with Crippen molar-refractivity contribution in [2.75, 3.05) is 11.9 Å². The Hall–Kier alpha value is -1.18. The highest BCUT2D eigenvalue weighted by molar-refractivity contribution is 9.10. The predicted molar refractivity (Wildman–Crippen MR) is 76.2 cm³/mol. The molecular formula is C12H16BrN3O3. The third-order valence-electron chi connectivity index (χ3n) is 3.23. The van der Waals surface area contributed by atoms with Crippen molar-refractivity contribution < 1.29 is 9.66 Å². The van der Waals surface area contributed by atoms with Gasteiger partial charge in [0.15, 0.2) is 0 Å². The number of rotatable bonds is 5. The van der Waals surface area contributed by atoms with Crippen molar-refractivity contribution in [1.29, 1.82) is 0 Å². The van der Waals surface area contributed by atoms with E-state index in [4.69, 9.17) is 10.5 Å². The highest BCUT2D eigenvalue weighted by atomic mass is 79.9. The predicted octanol–water partition coefficient (Wildman–Crippen LogP) is 2.27. The Balaban J connectivity index is 2.16. The number of nitrogens with zero attached hydrogens (tertiary/aromatic N) is 1. The highest BCUT2D eigenvalue weighted by Crippen LogP contribution is 2.32. The van der Waals surface area contributed by atoms with Crippen LogP contribution in [0.4, 0.5) is 11.4 Å². The third kappa shape index (κ3) is 3.05. The van der Waals surface area contributed by atoms with Gasteiger partial charge < -0.3 is 15.8 Å². The van der Waals surface area contributed by atoms with Crippen LogP contribution < -0.4 is 11.1 Å². The minimum atomic E-state index is -0.410. The number of nitro benzene ring substituents is 1. The molecule has 0 aromatic heterocycles. The number of hydrogen-bond acceptors (Lipinski definition) is 5. The number of anilines is 1. The van der Waals surface area contributed by atoms with Gasteiger partial charge in [0.1, 0.15) is 5.69 Å². The SMILES string of the molecule is CCOC1CC(N)C1Nc1ccc(Br)cc1[N+](=O)[O-]. The van der Waals surface area contributed by atoms with Crippen LogP contribution in [0.2, 0.25) is 0 Å². The summed E-state index contributed by atoms with van der Waals surface area (Å²) in [4.78, 5) is 10.6. The molecule has 0 saturated heterocycles. The third-order valence-corrected chi connectivity index (χ3v) is 3.72. The molecule has 3 N–H and O–H groups in total. The second kappa shape index (κ2) is 5.85. The summed E-state index contributed by atoms with van der Waals surface area (Å²) in [5, 5.41) is 14.2. The molecule has 2 rings (SSSR count). The van der Waals surface area contributed by atoms with Crippen LogP contribution in [-0.2, 0) is 4.74 Å². The molecule has 1 aromatic carbocycles. The molecule has 0 amide bonds.